The van der Waals surface area contributed by atoms with Gasteiger partial charge in [0.1, 0.15) is 11.9 Å². The lowest BCUT2D eigenvalue weighted by Gasteiger charge is -2.34. The van der Waals surface area contributed by atoms with Gasteiger partial charge in [-0.05, 0) is 43.0 Å². The number of amides is 3. The predicted molar refractivity (Wildman–Crippen MR) is 115 cm³/mol. The average Bonchev–Trinajstić information content (AvgIpc) is 3.18. The molecule has 0 radical (unpaired) electrons. The van der Waals surface area contributed by atoms with Crippen LogP contribution in [-0.4, -0.2) is 61.4 Å². The number of methoxy groups -OCH3 is 1. The zero-order valence-electron chi connectivity index (χ0n) is 18.7. The number of carbonyl (C=O) groups is 4. The molecule has 0 aliphatic carbocycles. The highest BCUT2D eigenvalue weighted by atomic mass is 19.1. The number of esters is 1. The van der Waals surface area contributed by atoms with Crippen LogP contribution in [0, 0.1) is 23.6 Å². The van der Waals surface area contributed by atoms with E-state index in [4.69, 9.17) is 4.74 Å². The summed E-state index contributed by atoms with van der Waals surface area (Å²) in [5.74, 6) is -2.35. The summed E-state index contributed by atoms with van der Waals surface area (Å²) in [6.07, 6.45) is 1.09. The van der Waals surface area contributed by atoms with E-state index in [1.54, 1.807) is 4.90 Å². The molecule has 32 heavy (non-hydrogen) atoms. The van der Waals surface area contributed by atoms with Gasteiger partial charge in [0.2, 0.25) is 17.7 Å². The van der Waals surface area contributed by atoms with Gasteiger partial charge in [0, 0.05) is 31.7 Å². The quantitative estimate of drug-likeness (QED) is 0.670. The molecule has 2 aliphatic rings. The van der Waals surface area contributed by atoms with Crippen LogP contribution < -0.4 is 10.2 Å². The molecule has 1 aromatic carbocycles. The molecule has 3 rings (SSSR count). The lowest BCUT2D eigenvalue weighted by Crippen LogP contribution is -2.54. The molecule has 0 bridgehead atoms. The molecule has 9 heteroatoms. The summed E-state index contributed by atoms with van der Waals surface area (Å²) in [5.41, 5.74) is 0.539. The Kier molecular flexibility index (Phi) is 7.48. The van der Waals surface area contributed by atoms with E-state index in [0.29, 0.717) is 31.6 Å². The first-order valence-electron chi connectivity index (χ1n) is 10.9. The van der Waals surface area contributed by atoms with Crippen LogP contribution in [0.1, 0.15) is 33.1 Å². The summed E-state index contributed by atoms with van der Waals surface area (Å²) < 4.78 is 18.0. The molecule has 0 aromatic heterocycles. The molecule has 2 fully saturated rings. The maximum absolute atomic E-state index is 13.2. The van der Waals surface area contributed by atoms with E-state index in [1.165, 1.54) is 36.3 Å². The Morgan fingerprint density at radius 1 is 1.09 bits per heavy atom. The first-order chi connectivity index (χ1) is 15.2. The molecule has 1 N–H and O–H groups in total. The van der Waals surface area contributed by atoms with Gasteiger partial charge in [0.15, 0.2) is 0 Å². The van der Waals surface area contributed by atoms with Gasteiger partial charge in [-0.2, -0.15) is 0 Å². The topological polar surface area (TPSA) is 96.0 Å². The average molecular weight is 448 g/mol. The minimum atomic E-state index is -0.716. The van der Waals surface area contributed by atoms with Gasteiger partial charge in [-0.3, -0.25) is 19.2 Å². The summed E-state index contributed by atoms with van der Waals surface area (Å²) >= 11 is 0. The number of rotatable bonds is 6. The normalized spacial score (nSPS) is 20.4. The summed E-state index contributed by atoms with van der Waals surface area (Å²) in [6, 6.07) is 4.84. The van der Waals surface area contributed by atoms with Crippen LogP contribution >= 0.6 is 0 Å². The van der Waals surface area contributed by atoms with E-state index < -0.39 is 17.8 Å². The summed E-state index contributed by atoms with van der Waals surface area (Å²) in [4.78, 5) is 53.3. The lowest BCUT2D eigenvalue weighted by atomic mass is 9.95. The first-order valence-corrected chi connectivity index (χ1v) is 10.9. The molecule has 2 aliphatic heterocycles. The SMILES string of the molecule is COC(=O)C1CCN(C(=O)C(NC(=O)C2CC(=O)N(c3ccc(F)cc3)C2)C(C)C)CC1. The summed E-state index contributed by atoms with van der Waals surface area (Å²) in [5, 5.41) is 2.84. The first kappa shape index (κ1) is 23.7. The van der Waals surface area contributed by atoms with Gasteiger partial charge < -0.3 is 19.9 Å². The number of piperidine rings is 1. The number of ether oxygens (including phenoxy) is 1. The van der Waals surface area contributed by atoms with Crippen LogP contribution in [0.2, 0.25) is 0 Å². The third kappa shape index (κ3) is 5.26. The van der Waals surface area contributed by atoms with Crippen LogP contribution in [0.5, 0.6) is 0 Å². The van der Waals surface area contributed by atoms with Crippen molar-refractivity contribution in [3.8, 4) is 0 Å². The van der Waals surface area contributed by atoms with Crippen LogP contribution in [0.3, 0.4) is 0 Å². The highest BCUT2D eigenvalue weighted by molar-refractivity contribution is 6.01. The van der Waals surface area contributed by atoms with E-state index in [1.807, 2.05) is 13.8 Å². The van der Waals surface area contributed by atoms with Gasteiger partial charge in [0.05, 0.1) is 18.9 Å². The Hall–Kier alpha value is -2.97. The molecule has 174 valence electrons. The van der Waals surface area contributed by atoms with Gasteiger partial charge in [-0.25, -0.2) is 4.39 Å². The zero-order chi connectivity index (χ0) is 23.4. The minimum Gasteiger partial charge on any atom is -0.469 e. The zero-order valence-corrected chi connectivity index (χ0v) is 18.7. The number of carbonyl (C=O) groups excluding carboxylic acids is 4. The molecule has 2 heterocycles. The Morgan fingerprint density at radius 3 is 2.28 bits per heavy atom. The number of nitrogens with zero attached hydrogens (tertiary/aromatic N) is 2. The Morgan fingerprint density at radius 2 is 1.72 bits per heavy atom. The van der Waals surface area contributed by atoms with Crippen molar-refractivity contribution < 1.29 is 28.3 Å². The van der Waals surface area contributed by atoms with E-state index in [0.717, 1.165) is 0 Å². The van der Waals surface area contributed by atoms with Crippen LogP contribution in [0.25, 0.3) is 0 Å². The van der Waals surface area contributed by atoms with Crippen molar-refractivity contribution >= 4 is 29.4 Å². The fraction of sp³-hybridized carbons (Fsp3) is 0.565. The molecule has 2 atom stereocenters. The van der Waals surface area contributed by atoms with Crippen molar-refractivity contribution in [1.82, 2.24) is 10.2 Å². The second-order valence-electron chi connectivity index (χ2n) is 8.73. The number of hydrogen-bond donors (Lipinski definition) is 1. The van der Waals surface area contributed by atoms with Crippen molar-refractivity contribution in [3.63, 3.8) is 0 Å². The predicted octanol–water partition coefficient (Wildman–Crippen LogP) is 1.73. The fourth-order valence-corrected chi connectivity index (χ4v) is 4.24. The van der Waals surface area contributed by atoms with Gasteiger partial charge in [-0.15, -0.1) is 0 Å². The number of halogens is 1. The summed E-state index contributed by atoms with van der Waals surface area (Å²) in [6.45, 7) is 4.75. The van der Waals surface area contributed by atoms with E-state index >= 15 is 0 Å². The smallest absolute Gasteiger partial charge is 0.308 e. The second-order valence-corrected chi connectivity index (χ2v) is 8.73. The van der Waals surface area contributed by atoms with Crippen LogP contribution in [0.4, 0.5) is 10.1 Å². The number of benzene rings is 1. The van der Waals surface area contributed by atoms with Crippen LogP contribution in [0.15, 0.2) is 24.3 Å². The summed E-state index contributed by atoms with van der Waals surface area (Å²) in [7, 11) is 1.36. The maximum atomic E-state index is 13.2. The fourth-order valence-electron chi connectivity index (χ4n) is 4.24. The van der Waals surface area contributed by atoms with Crippen molar-refractivity contribution in [2.75, 3.05) is 31.6 Å². The van der Waals surface area contributed by atoms with Crippen molar-refractivity contribution in [2.45, 2.75) is 39.2 Å². The van der Waals surface area contributed by atoms with E-state index in [2.05, 4.69) is 5.32 Å². The van der Waals surface area contributed by atoms with E-state index in [-0.39, 0.29) is 48.5 Å². The second kappa shape index (κ2) is 10.1. The molecule has 8 nitrogen and oxygen atoms in total. The highest BCUT2D eigenvalue weighted by Gasteiger charge is 2.38. The van der Waals surface area contributed by atoms with Gasteiger partial charge >= 0.3 is 5.97 Å². The Balaban J connectivity index is 1.60. The third-order valence-corrected chi connectivity index (χ3v) is 6.21. The third-order valence-electron chi connectivity index (χ3n) is 6.21. The molecular formula is C23H30FN3O5. The number of likely N-dealkylation sites (tertiary alicyclic amines) is 1. The minimum absolute atomic E-state index is 0.0345. The van der Waals surface area contributed by atoms with E-state index in [9.17, 15) is 23.6 Å². The number of anilines is 1. The maximum Gasteiger partial charge on any atom is 0.308 e. The monoisotopic (exact) mass is 447 g/mol. The molecule has 2 unspecified atom stereocenters. The van der Waals surface area contributed by atoms with Gasteiger partial charge in [0.25, 0.3) is 0 Å². The molecule has 1 aromatic rings. The largest absolute Gasteiger partial charge is 0.469 e. The molecule has 3 amide bonds. The standard InChI is InChI=1S/C23H30FN3O5/c1-14(2)20(22(30)26-10-8-15(9-11-26)23(31)32-3)25-21(29)16-12-19(28)27(13-16)18-6-4-17(24)5-7-18/h4-7,14-16,20H,8-13H2,1-3H3,(H,25,29). The molecule has 2 saturated heterocycles. The lowest BCUT2D eigenvalue weighted by molar-refractivity contribution is -0.149. The van der Waals surface area contributed by atoms with Crippen molar-refractivity contribution in [3.05, 3.63) is 30.1 Å². The van der Waals surface area contributed by atoms with Gasteiger partial charge in [-0.1, -0.05) is 13.8 Å². The molecule has 0 spiro atoms. The number of hydrogen-bond acceptors (Lipinski definition) is 5. The van der Waals surface area contributed by atoms with Crippen molar-refractivity contribution in [1.29, 1.82) is 0 Å². The van der Waals surface area contributed by atoms with Crippen LogP contribution in [-0.2, 0) is 23.9 Å². The number of nitrogens with one attached hydrogen (secondary N) is 1. The highest BCUT2D eigenvalue weighted by Crippen LogP contribution is 2.26. The molecular weight excluding hydrogens is 417 g/mol. The molecule has 0 saturated carbocycles. The Labute approximate surface area is 187 Å². The van der Waals surface area contributed by atoms with Crippen molar-refractivity contribution in [2.24, 2.45) is 17.8 Å². The Bertz CT molecular complexity index is 865.